The van der Waals surface area contributed by atoms with E-state index in [1.165, 1.54) is 12.1 Å². The van der Waals surface area contributed by atoms with Gasteiger partial charge in [-0.3, -0.25) is 5.32 Å². The third-order valence-corrected chi connectivity index (χ3v) is 2.74. The second kappa shape index (κ2) is 4.66. The fourth-order valence-electron chi connectivity index (χ4n) is 1.75. The SMILES string of the molecule is CC1CNC(c2ccc(C(F)(F)F)cc2)OC1. The molecule has 2 rings (SSSR count). The van der Waals surface area contributed by atoms with Gasteiger partial charge in [-0.2, -0.15) is 13.2 Å². The van der Waals surface area contributed by atoms with Crippen LogP contribution in [0.5, 0.6) is 0 Å². The van der Waals surface area contributed by atoms with Gasteiger partial charge < -0.3 is 4.74 Å². The van der Waals surface area contributed by atoms with Crippen LogP contribution in [0.1, 0.15) is 24.3 Å². The molecule has 1 aliphatic rings. The Labute approximate surface area is 97.8 Å². The lowest BCUT2D eigenvalue weighted by Crippen LogP contribution is -2.36. The zero-order valence-corrected chi connectivity index (χ0v) is 9.42. The van der Waals surface area contributed by atoms with Crippen LogP contribution in [0.3, 0.4) is 0 Å². The van der Waals surface area contributed by atoms with E-state index in [9.17, 15) is 13.2 Å². The summed E-state index contributed by atoms with van der Waals surface area (Å²) in [6.45, 7) is 3.49. The van der Waals surface area contributed by atoms with E-state index in [-0.39, 0.29) is 6.23 Å². The fourth-order valence-corrected chi connectivity index (χ4v) is 1.75. The van der Waals surface area contributed by atoms with E-state index in [1.807, 2.05) is 0 Å². The van der Waals surface area contributed by atoms with Gasteiger partial charge in [0.25, 0.3) is 0 Å². The number of ether oxygens (including phenoxy) is 1. The lowest BCUT2D eigenvalue weighted by atomic mass is 10.1. The molecule has 1 aromatic rings. The first-order valence-electron chi connectivity index (χ1n) is 5.49. The van der Waals surface area contributed by atoms with Crippen LogP contribution >= 0.6 is 0 Å². The predicted octanol–water partition coefficient (Wildman–Crippen LogP) is 2.96. The van der Waals surface area contributed by atoms with Crippen LogP contribution in [-0.4, -0.2) is 13.2 Å². The van der Waals surface area contributed by atoms with E-state index in [1.54, 1.807) is 0 Å². The average Bonchev–Trinajstić information content (AvgIpc) is 2.29. The Morgan fingerprint density at radius 1 is 1.24 bits per heavy atom. The highest BCUT2D eigenvalue weighted by molar-refractivity contribution is 5.26. The molecule has 17 heavy (non-hydrogen) atoms. The molecule has 2 unspecified atom stereocenters. The maximum Gasteiger partial charge on any atom is 0.416 e. The Morgan fingerprint density at radius 3 is 2.35 bits per heavy atom. The molecule has 1 aliphatic heterocycles. The largest absolute Gasteiger partial charge is 0.416 e. The van der Waals surface area contributed by atoms with E-state index < -0.39 is 11.7 Å². The van der Waals surface area contributed by atoms with Gasteiger partial charge in [0, 0.05) is 6.54 Å². The summed E-state index contributed by atoms with van der Waals surface area (Å²) in [4.78, 5) is 0. The van der Waals surface area contributed by atoms with E-state index in [0.29, 0.717) is 12.5 Å². The smallest absolute Gasteiger partial charge is 0.359 e. The van der Waals surface area contributed by atoms with Crippen molar-refractivity contribution in [3.05, 3.63) is 35.4 Å². The molecule has 0 spiro atoms. The van der Waals surface area contributed by atoms with Crippen LogP contribution in [0.4, 0.5) is 13.2 Å². The standard InChI is InChI=1S/C12H14F3NO/c1-8-6-16-11(17-7-8)9-2-4-10(5-3-9)12(13,14)15/h2-5,8,11,16H,6-7H2,1H3. The minimum atomic E-state index is -4.28. The zero-order chi connectivity index (χ0) is 12.5. The van der Waals surface area contributed by atoms with Crippen molar-refractivity contribution in [2.24, 2.45) is 5.92 Å². The van der Waals surface area contributed by atoms with Crippen LogP contribution in [0, 0.1) is 5.92 Å². The van der Waals surface area contributed by atoms with Gasteiger partial charge in [-0.05, 0) is 23.6 Å². The van der Waals surface area contributed by atoms with E-state index in [2.05, 4.69) is 12.2 Å². The summed E-state index contributed by atoms with van der Waals surface area (Å²) >= 11 is 0. The highest BCUT2D eigenvalue weighted by Crippen LogP contribution is 2.30. The van der Waals surface area contributed by atoms with Gasteiger partial charge in [0.2, 0.25) is 0 Å². The Hall–Kier alpha value is -1.07. The zero-order valence-electron chi connectivity index (χ0n) is 9.42. The fraction of sp³-hybridized carbons (Fsp3) is 0.500. The van der Waals surface area contributed by atoms with E-state index >= 15 is 0 Å². The van der Waals surface area contributed by atoms with Crippen LogP contribution in [0.25, 0.3) is 0 Å². The monoisotopic (exact) mass is 245 g/mol. The maximum atomic E-state index is 12.4. The summed E-state index contributed by atoms with van der Waals surface area (Å²) in [7, 11) is 0. The molecule has 0 bridgehead atoms. The number of alkyl halides is 3. The van der Waals surface area contributed by atoms with Crippen LogP contribution in [-0.2, 0) is 10.9 Å². The highest BCUT2D eigenvalue weighted by atomic mass is 19.4. The van der Waals surface area contributed by atoms with Crippen molar-refractivity contribution in [1.82, 2.24) is 5.32 Å². The lowest BCUT2D eigenvalue weighted by Gasteiger charge is -2.28. The Bertz CT molecular complexity index is 366. The van der Waals surface area contributed by atoms with Crippen molar-refractivity contribution in [2.75, 3.05) is 13.2 Å². The van der Waals surface area contributed by atoms with E-state index in [4.69, 9.17) is 4.74 Å². The van der Waals surface area contributed by atoms with Crippen LogP contribution in [0.15, 0.2) is 24.3 Å². The molecule has 0 amide bonds. The molecule has 0 aliphatic carbocycles. The second-order valence-corrected chi connectivity index (χ2v) is 4.35. The third-order valence-electron chi connectivity index (χ3n) is 2.74. The molecule has 0 aromatic heterocycles. The summed E-state index contributed by atoms with van der Waals surface area (Å²) in [5, 5.41) is 3.14. The number of halogens is 3. The number of hydrogen-bond donors (Lipinski definition) is 1. The first-order valence-corrected chi connectivity index (χ1v) is 5.49. The minimum Gasteiger partial charge on any atom is -0.359 e. The van der Waals surface area contributed by atoms with Gasteiger partial charge >= 0.3 is 6.18 Å². The molecule has 1 heterocycles. The summed E-state index contributed by atoms with van der Waals surface area (Å²) in [6.07, 6.45) is -4.58. The van der Waals surface area contributed by atoms with E-state index in [0.717, 1.165) is 24.2 Å². The summed E-state index contributed by atoms with van der Waals surface area (Å²) in [5.41, 5.74) is 0.0929. The molecule has 2 atom stereocenters. The van der Waals surface area contributed by atoms with Crippen molar-refractivity contribution >= 4 is 0 Å². The topological polar surface area (TPSA) is 21.3 Å². The van der Waals surface area contributed by atoms with Gasteiger partial charge in [-0.1, -0.05) is 19.1 Å². The lowest BCUT2D eigenvalue weighted by molar-refractivity contribution is -0.137. The quantitative estimate of drug-likeness (QED) is 0.821. The predicted molar refractivity (Wildman–Crippen MR) is 57.3 cm³/mol. The number of nitrogens with one attached hydrogen (secondary N) is 1. The molecule has 94 valence electrons. The first kappa shape index (κ1) is 12.4. The Morgan fingerprint density at radius 2 is 1.88 bits per heavy atom. The molecule has 1 aromatic carbocycles. The first-order chi connectivity index (χ1) is 7.97. The maximum absolute atomic E-state index is 12.4. The Kier molecular flexibility index (Phi) is 3.40. The van der Waals surface area contributed by atoms with Crippen molar-refractivity contribution in [2.45, 2.75) is 19.3 Å². The van der Waals surface area contributed by atoms with Gasteiger partial charge in [-0.15, -0.1) is 0 Å². The molecular weight excluding hydrogens is 231 g/mol. The molecular formula is C12H14F3NO. The molecule has 0 radical (unpaired) electrons. The number of hydrogen-bond acceptors (Lipinski definition) is 2. The van der Waals surface area contributed by atoms with Crippen molar-refractivity contribution in [3.8, 4) is 0 Å². The summed E-state index contributed by atoms with van der Waals surface area (Å²) in [6, 6.07) is 5.07. The summed E-state index contributed by atoms with van der Waals surface area (Å²) in [5.74, 6) is 0.431. The minimum absolute atomic E-state index is 0.298. The molecule has 1 saturated heterocycles. The Balaban J connectivity index is 2.08. The van der Waals surface area contributed by atoms with Gasteiger partial charge in [0.05, 0.1) is 12.2 Å². The second-order valence-electron chi connectivity index (χ2n) is 4.35. The molecule has 1 fully saturated rings. The van der Waals surface area contributed by atoms with Gasteiger partial charge in [0.15, 0.2) is 0 Å². The van der Waals surface area contributed by atoms with Crippen molar-refractivity contribution in [3.63, 3.8) is 0 Å². The van der Waals surface area contributed by atoms with Crippen LogP contribution < -0.4 is 5.32 Å². The van der Waals surface area contributed by atoms with Gasteiger partial charge in [0.1, 0.15) is 6.23 Å². The molecule has 5 heteroatoms. The molecule has 0 saturated carbocycles. The number of benzene rings is 1. The molecule has 1 N–H and O–H groups in total. The summed E-state index contributed by atoms with van der Waals surface area (Å²) < 4.78 is 42.6. The van der Waals surface area contributed by atoms with Crippen molar-refractivity contribution in [1.29, 1.82) is 0 Å². The van der Waals surface area contributed by atoms with Crippen LogP contribution in [0.2, 0.25) is 0 Å². The average molecular weight is 245 g/mol. The third kappa shape index (κ3) is 2.98. The van der Waals surface area contributed by atoms with Gasteiger partial charge in [-0.25, -0.2) is 0 Å². The number of rotatable bonds is 1. The normalized spacial score (nSPS) is 25.9. The molecule has 2 nitrogen and oxygen atoms in total. The van der Waals surface area contributed by atoms with Crippen molar-refractivity contribution < 1.29 is 17.9 Å². The highest BCUT2D eigenvalue weighted by Gasteiger charge is 2.30.